The van der Waals surface area contributed by atoms with Gasteiger partial charge in [0, 0.05) is 11.8 Å². The number of hydrogen-bond acceptors (Lipinski definition) is 4. The van der Waals surface area contributed by atoms with Crippen molar-refractivity contribution in [2.75, 3.05) is 19.5 Å². The molecule has 21 heavy (non-hydrogen) atoms. The summed E-state index contributed by atoms with van der Waals surface area (Å²) in [7, 11) is 3.29. The third-order valence-corrected chi connectivity index (χ3v) is 3.76. The lowest BCUT2D eigenvalue weighted by Gasteiger charge is -2.14. The zero-order chi connectivity index (χ0) is 14.8. The molecule has 1 N–H and O–H groups in total. The lowest BCUT2D eigenvalue weighted by atomic mass is 10.0. The average Bonchev–Trinajstić information content (AvgIpc) is 2.97. The van der Waals surface area contributed by atoms with Gasteiger partial charge in [0.1, 0.15) is 11.5 Å². The molecule has 1 aliphatic heterocycles. The van der Waals surface area contributed by atoms with Gasteiger partial charge >= 0.3 is 0 Å². The van der Waals surface area contributed by atoms with E-state index in [-0.39, 0.29) is 6.04 Å². The molecule has 3 rings (SSSR count). The highest BCUT2D eigenvalue weighted by Gasteiger charge is 2.23. The van der Waals surface area contributed by atoms with E-state index in [1.807, 2.05) is 36.4 Å². The lowest BCUT2D eigenvalue weighted by Crippen LogP contribution is -2.06. The highest BCUT2D eigenvalue weighted by Crippen LogP contribution is 2.37. The smallest absolute Gasteiger partial charge is 0.122 e. The normalized spacial score (nSPS) is 15.8. The Kier molecular flexibility index (Phi) is 3.41. The van der Waals surface area contributed by atoms with E-state index in [0.29, 0.717) is 5.56 Å². The first-order valence-electron chi connectivity index (χ1n) is 6.76. The molecule has 0 bridgehead atoms. The van der Waals surface area contributed by atoms with Gasteiger partial charge in [0.25, 0.3) is 0 Å². The summed E-state index contributed by atoms with van der Waals surface area (Å²) < 4.78 is 10.6. The zero-order valence-corrected chi connectivity index (χ0v) is 12.0. The van der Waals surface area contributed by atoms with Crippen molar-refractivity contribution in [3.63, 3.8) is 0 Å². The second kappa shape index (κ2) is 5.37. The Balaban J connectivity index is 1.92. The molecule has 0 amide bonds. The fraction of sp³-hybridized carbons (Fsp3) is 0.235. The van der Waals surface area contributed by atoms with Crippen molar-refractivity contribution in [3.8, 4) is 17.6 Å². The molecule has 1 atom stereocenters. The molecule has 2 aromatic rings. The van der Waals surface area contributed by atoms with E-state index in [1.165, 1.54) is 5.56 Å². The molecule has 0 fully saturated rings. The molecule has 4 nitrogen and oxygen atoms in total. The van der Waals surface area contributed by atoms with Crippen molar-refractivity contribution >= 4 is 5.69 Å². The van der Waals surface area contributed by atoms with Gasteiger partial charge < -0.3 is 14.8 Å². The van der Waals surface area contributed by atoms with Crippen LogP contribution in [-0.2, 0) is 6.42 Å². The molecular weight excluding hydrogens is 264 g/mol. The molecule has 0 saturated heterocycles. The van der Waals surface area contributed by atoms with Crippen molar-refractivity contribution in [1.82, 2.24) is 0 Å². The van der Waals surface area contributed by atoms with Crippen LogP contribution in [-0.4, -0.2) is 14.2 Å². The minimum atomic E-state index is 0.165. The summed E-state index contributed by atoms with van der Waals surface area (Å²) in [6.07, 6.45) is 0.848. The molecule has 4 heteroatoms. The fourth-order valence-electron chi connectivity index (χ4n) is 2.66. The number of fused-ring (bicyclic) bond motifs is 1. The first-order chi connectivity index (χ1) is 10.2. The van der Waals surface area contributed by atoms with Crippen LogP contribution in [0.25, 0.3) is 0 Å². The Morgan fingerprint density at radius 1 is 1.10 bits per heavy atom. The van der Waals surface area contributed by atoms with Gasteiger partial charge in [-0.3, -0.25) is 0 Å². The number of anilines is 1. The third-order valence-electron chi connectivity index (χ3n) is 3.76. The van der Waals surface area contributed by atoms with E-state index < -0.39 is 0 Å². The molecule has 0 aliphatic carbocycles. The molecule has 1 aliphatic rings. The van der Waals surface area contributed by atoms with Gasteiger partial charge in [-0.05, 0) is 47.9 Å². The van der Waals surface area contributed by atoms with Crippen LogP contribution in [0, 0.1) is 11.3 Å². The maximum atomic E-state index is 8.98. The molecule has 1 unspecified atom stereocenters. The van der Waals surface area contributed by atoms with Crippen molar-refractivity contribution in [1.29, 1.82) is 5.26 Å². The number of rotatable bonds is 3. The second-order valence-corrected chi connectivity index (χ2v) is 5.03. The Bertz CT molecular complexity index is 697. The summed E-state index contributed by atoms with van der Waals surface area (Å²) in [6, 6.07) is 14.0. The number of benzene rings is 2. The molecule has 2 aromatic carbocycles. The molecule has 0 aromatic heterocycles. The first-order valence-corrected chi connectivity index (χ1v) is 6.76. The van der Waals surface area contributed by atoms with Gasteiger partial charge in [0.05, 0.1) is 31.9 Å². The second-order valence-electron chi connectivity index (χ2n) is 5.03. The Morgan fingerprint density at radius 3 is 2.43 bits per heavy atom. The van der Waals surface area contributed by atoms with E-state index in [4.69, 9.17) is 14.7 Å². The summed E-state index contributed by atoms with van der Waals surface area (Å²) in [5.74, 6) is 1.56. The third kappa shape index (κ3) is 2.50. The van der Waals surface area contributed by atoms with Gasteiger partial charge in [0.2, 0.25) is 0 Å². The number of methoxy groups -OCH3 is 2. The standard InChI is InChI=1S/C17H16N2O2/c1-20-14-6-13(7-15(9-14)21-2)17-8-12-5-11(10-18)3-4-16(12)19-17/h3-7,9,17,19H,8H2,1-2H3. The van der Waals surface area contributed by atoms with Crippen LogP contribution in [0.15, 0.2) is 36.4 Å². The highest BCUT2D eigenvalue weighted by atomic mass is 16.5. The fourth-order valence-corrected chi connectivity index (χ4v) is 2.66. The zero-order valence-electron chi connectivity index (χ0n) is 12.0. The molecule has 1 heterocycles. The summed E-state index contributed by atoms with van der Waals surface area (Å²) in [5, 5.41) is 12.5. The van der Waals surface area contributed by atoms with Crippen LogP contribution in [0.4, 0.5) is 5.69 Å². The van der Waals surface area contributed by atoms with Gasteiger partial charge in [-0.2, -0.15) is 5.26 Å². The van der Waals surface area contributed by atoms with Gasteiger partial charge in [0.15, 0.2) is 0 Å². The van der Waals surface area contributed by atoms with Crippen molar-refractivity contribution in [2.45, 2.75) is 12.5 Å². The Hall–Kier alpha value is -2.67. The maximum Gasteiger partial charge on any atom is 0.122 e. The first kappa shape index (κ1) is 13.3. The number of hydrogen-bond donors (Lipinski definition) is 1. The van der Waals surface area contributed by atoms with Crippen molar-refractivity contribution in [2.24, 2.45) is 0 Å². The Morgan fingerprint density at radius 2 is 1.81 bits per heavy atom. The minimum Gasteiger partial charge on any atom is -0.497 e. The van der Waals surface area contributed by atoms with Gasteiger partial charge in [-0.25, -0.2) is 0 Å². The largest absolute Gasteiger partial charge is 0.497 e. The topological polar surface area (TPSA) is 54.3 Å². The summed E-state index contributed by atoms with van der Waals surface area (Å²) >= 11 is 0. The quantitative estimate of drug-likeness (QED) is 0.937. The summed E-state index contributed by atoms with van der Waals surface area (Å²) in [5.41, 5.74) is 4.06. The SMILES string of the molecule is COc1cc(OC)cc(C2Cc3cc(C#N)ccc3N2)c1. The monoisotopic (exact) mass is 280 g/mol. The Labute approximate surface area is 123 Å². The summed E-state index contributed by atoms with van der Waals surface area (Å²) in [6.45, 7) is 0. The molecular formula is C17H16N2O2. The number of nitrogens with one attached hydrogen (secondary N) is 1. The predicted octanol–water partition coefficient (Wildman–Crippen LogP) is 3.28. The minimum absolute atomic E-state index is 0.165. The number of ether oxygens (including phenoxy) is 2. The van der Waals surface area contributed by atoms with Gasteiger partial charge in [-0.15, -0.1) is 0 Å². The van der Waals surface area contributed by atoms with Crippen molar-refractivity contribution in [3.05, 3.63) is 53.1 Å². The van der Waals surface area contributed by atoms with E-state index in [9.17, 15) is 0 Å². The lowest BCUT2D eigenvalue weighted by molar-refractivity contribution is 0.393. The van der Waals surface area contributed by atoms with E-state index in [1.54, 1.807) is 14.2 Å². The van der Waals surface area contributed by atoms with E-state index in [0.717, 1.165) is 29.2 Å². The number of nitrogens with zero attached hydrogens (tertiary/aromatic N) is 1. The maximum absolute atomic E-state index is 8.98. The summed E-state index contributed by atoms with van der Waals surface area (Å²) in [4.78, 5) is 0. The van der Waals surface area contributed by atoms with Crippen LogP contribution in [0.5, 0.6) is 11.5 Å². The van der Waals surface area contributed by atoms with Crippen LogP contribution < -0.4 is 14.8 Å². The molecule has 0 radical (unpaired) electrons. The van der Waals surface area contributed by atoms with E-state index in [2.05, 4.69) is 11.4 Å². The van der Waals surface area contributed by atoms with Crippen LogP contribution in [0.1, 0.15) is 22.7 Å². The van der Waals surface area contributed by atoms with Gasteiger partial charge in [-0.1, -0.05) is 0 Å². The van der Waals surface area contributed by atoms with Crippen molar-refractivity contribution < 1.29 is 9.47 Å². The molecule has 0 saturated carbocycles. The van der Waals surface area contributed by atoms with Crippen LogP contribution in [0.2, 0.25) is 0 Å². The predicted molar refractivity (Wildman–Crippen MR) is 80.8 cm³/mol. The molecule has 106 valence electrons. The van der Waals surface area contributed by atoms with E-state index >= 15 is 0 Å². The van der Waals surface area contributed by atoms with Crippen LogP contribution in [0.3, 0.4) is 0 Å². The number of nitriles is 1. The average molecular weight is 280 g/mol. The molecule has 0 spiro atoms. The highest BCUT2D eigenvalue weighted by molar-refractivity contribution is 5.61. The van der Waals surface area contributed by atoms with Crippen LogP contribution >= 0.6 is 0 Å².